The number of carbonyl (C=O) groups is 1. The van der Waals surface area contributed by atoms with Crippen molar-refractivity contribution in [3.8, 4) is 5.75 Å². The molecule has 0 saturated heterocycles. The van der Waals surface area contributed by atoms with Crippen LogP contribution in [0.15, 0.2) is 48.5 Å². The van der Waals surface area contributed by atoms with E-state index in [9.17, 15) is 9.18 Å². The van der Waals surface area contributed by atoms with Crippen LogP contribution in [0.25, 0.3) is 0 Å². The maximum Gasteiger partial charge on any atom is 0.412 e. The molecule has 2 aromatic rings. The predicted octanol–water partition coefficient (Wildman–Crippen LogP) is 5.26. The van der Waals surface area contributed by atoms with Gasteiger partial charge in [0.15, 0.2) is 0 Å². The van der Waals surface area contributed by atoms with E-state index in [4.69, 9.17) is 4.74 Å². The Kier molecular flexibility index (Phi) is 6.79. The fourth-order valence-electron chi connectivity index (χ4n) is 2.64. The lowest BCUT2D eigenvalue weighted by molar-refractivity contribution is 0.200. The minimum Gasteiger partial charge on any atom is -0.410 e. The molecule has 0 radical (unpaired) electrons. The molecule has 1 N–H and O–H groups in total. The van der Waals surface area contributed by atoms with Gasteiger partial charge in [0.05, 0.1) is 0 Å². The van der Waals surface area contributed by atoms with Crippen LogP contribution in [0.1, 0.15) is 50.2 Å². The Morgan fingerprint density at radius 2 is 1.62 bits per heavy atom. The predicted molar refractivity (Wildman–Crippen MR) is 93.9 cm³/mol. The highest BCUT2D eigenvalue weighted by atomic mass is 19.1. The first-order valence-electron chi connectivity index (χ1n) is 8.45. The fraction of sp³-hybridized carbons (Fsp3) is 0.350. The van der Waals surface area contributed by atoms with Crippen molar-refractivity contribution in [1.82, 2.24) is 5.32 Å². The Hall–Kier alpha value is -2.36. The third kappa shape index (κ3) is 5.08. The quantitative estimate of drug-likeness (QED) is 0.704. The maximum atomic E-state index is 13.1. The van der Waals surface area contributed by atoms with Crippen molar-refractivity contribution in [3.63, 3.8) is 0 Å². The average Bonchev–Trinajstić information content (AvgIpc) is 2.59. The second-order valence-electron chi connectivity index (χ2n) is 5.75. The van der Waals surface area contributed by atoms with Gasteiger partial charge in [0.2, 0.25) is 0 Å². The summed E-state index contributed by atoms with van der Waals surface area (Å²) < 4.78 is 18.3. The largest absolute Gasteiger partial charge is 0.412 e. The topological polar surface area (TPSA) is 38.3 Å². The van der Waals surface area contributed by atoms with Gasteiger partial charge in [-0.3, -0.25) is 0 Å². The minimum atomic E-state index is -0.429. The summed E-state index contributed by atoms with van der Waals surface area (Å²) in [6.45, 7) is 4.78. The highest BCUT2D eigenvalue weighted by molar-refractivity contribution is 5.70. The van der Waals surface area contributed by atoms with Crippen LogP contribution < -0.4 is 10.1 Å². The molecule has 2 rings (SSSR count). The van der Waals surface area contributed by atoms with Gasteiger partial charge in [0.25, 0.3) is 0 Å². The molecule has 128 valence electrons. The smallest absolute Gasteiger partial charge is 0.410 e. The van der Waals surface area contributed by atoms with Crippen LogP contribution in [0, 0.1) is 5.82 Å². The summed E-state index contributed by atoms with van der Waals surface area (Å²) in [5.74, 6) is 0.478. The highest BCUT2D eigenvalue weighted by Gasteiger charge is 2.13. The first-order valence-corrected chi connectivity index (χ1v) is 8.45. The number of unbranched alkanes of at least 4 members (excludes halogenated alkanes) is 1. The molecule has 0 aliphatic heterocycles. The summed E-state index contributed by atoms with van der Waals surface area (Å²) in [5.41, 5.74) is 2.19. The molecule has 1 unspecified atom stereocenters. The normalized spacial score (nSPS) is 11.8. The van der Waals surface area contributed by atoms with Crippen LogP contribution in [0.4, 0.5) is 9.18 Å². The summed E-state index contributed by atoms with van der Waals surface area (Å²) in [5, 5.41) is 2.72. The number of nitrogens with one attached hydrogen (secondary N) is 1. The van der Waals surface area contributed by atoms with E-state index in [0.717, 1.165) is 30.4 Å². The molecule has 0 fully saturated rings. The number of hydrogen-bond acceptors (Lipinski definition) is 2. The van der Waals surface area contributed by atoms with Crippen molar-refractivity contribution in [3.05, 3.63) is 65.5 Å². The van der Waals surface area contributed by atoms with E-state index in [-0.39, 0.29) is 11.7 Å². The molecule has 0 saturated carbocycles. The zero-order chi connectivity index (χ0) is 17.4. The summed E-state index contributed by atoms with van der Waals surface area (Å²) in [6, 6.07) is 14.1. The van der Waals surface area contributed by atoms with Crippen molar-refractivity contribution in [1.29, 1.82) is 0 Å². The molecule has 0 aliphatic carbocycles. The van der Waals surface area contributed by atoms with Crippen molar-refractivity contribution in [2.75, 3.05) is 6.54 Å². The fourth-order valence-corrected chi connectivity index (χ4v) is 2.64. The number of carbonyl (C=O) groups excluding carboxylic acids is 1. The highest BCUT2D eigenvalue weighted by Crippen LogP contribution is 2.29. The van der Waals surface area contributed by atoms with Gasteiger partial charge in [0.1, 0.15) is 11.6 Å². The molecule has 24 heavy (non-hydrogen) atoms. The molecular formula is C20H24FNO2. The van der Waals surface area contributed by atoms with E-state index in [2.05, 4.69) is 19.2 Å². The van der Waals surface area contributed by atoms with Gasteiger partial charge < -0.3 is 10.1 Å². The summed E-state index contributed by atoms with van der Waals surface area (Å²) >= 11 is 0. The minimum absolute atomic E-state index is 0.193. The number of amides is 1. The van der Waals surface area contributed by atoms with E-state index in [0.29, 0.717) is 12.3 Å². The van der Waals surface area contributed by atoms with Crippen LogP contribution in [0.3, 0.4) is 0 Å². The first kappa shape index (κ1) is 18.0. The molecule has 0 bridgehead atoms. The lowest BCUT2D eigenvalue weighted by Gasteiger charge is -2.16. The van der Waals surface area contributed by atoms with Crippen molar-refractivity contribution in [2.45, 2.75) is 39.0 Å². The molecule has 3 nitrogen and oxygen atoms in total. The lowest BCUT2D eigenvalue weighted by Crippen LogP contribution is -2.27. The van der Waals surface area contributed by atoms with E-state index in [1.54, 1.807) is 12.1 Å². The Morgan fingerprint density at radius 3 is 2.17 bits per heavy atom. The lowest BCUT2D eigenvalue weighted by atomic mass is 9.89. The van der Waals surface area contributed by atoms with Gasteiger partial charge in [0, 0.05) is 12.5 Å². The van der Waals surface area contributed by atoms with Crippen molar-refractivity contribution >= 4 is 6.09 Å². The Morgan fingerprint density at radius 1 is 1.04 bits per heavy atom. The van der Waals surface area contributed by atoms with Crippen LogP contribution in [0.2, 0.25) is 0 Å². The van der Waals surface area contributed by atoms with Gasteiger partial charge in [-0.1, -0.05) is 44.5 Å². The molecule has 1 amide bonds. The monoisotopic (exact) mass is 329 g/mol. The van der Waals surface area contributed by atoms with Gasteiger partial charge in [-0.2, -0.15) is 0 Å². The zero-order valence-electron chi connectivity index (χ0n) is 14.2. The van der Waals surface area contributed by atoms with Gasteiger partial charge in [-0.05, 0) is 48.2 Å². The third-order valence-corrected chi connectivity index (χ3v) is 3.97. The van der Waals surface area contributed by atoms with Crippen LogP contribution in [0.5, 0.6) is 5.75 Å². The van der Waals surface area contributed by atoms with Gasteiger partial charge in [-0.15, -0.1) is 0 Å². The van der Waals surface area contributed by atoms with E-state index in [1.165, 1.54) is 12.1 Å². The number of rotatable bonds is 7. The third-order valence-electron chi connectivity index (χ3n) is 3.97. The first-order chi connectivity index (χ1) is 11.6. The molecule has 2 aromatic carbocycles. The SMILES string of the molecule is CCCCNC(=O)Oc1ccc(C(CC)c2ccc(F)cc2)cc1. The van der Waals surface area contributed by atoms with Crippen molar-refractivity contribution in [2.24, 2.45) is 0 Å². The van der Waals surface area contributed by atoms with E-state index < -0.39 is 6.09 Å². The molecule has 4 heteroatoms. The second-order valence-corrected chi connectivity index (χ2v) is 5.75. The van der Waals surface area contributed by atoms with E-state index >= 15 is 0 Å². The zero-order valence-corrected chi connectivity index (χ0v) is 14.2. The molecular weight excluding hydrogens is 305 g/mol. The standard InChI is InChI=1S/C20H24FNO2/c1-3-5-14-22-20(23)24-18-12-8-16(9-13-18)19(4-2)15-6-10-17(21)11-7-15/h6-13,19H,3-5,14H2,1-2H3,(H,22,23). The average molecular weight is 329 g/mol. The summed E-state index contributed by atoms with van der Waals surface area (Å²) in [6.07, 6.45) is 2.44. The van der Waals surface area contributed by atoms with Crippen LogP contribution in [-0.2, 0) is 0 Å². The van der Waals surface area contributed by atoms with E-state index in [1.807, 2.05) is 24.3 Å². The Bertz CT molecular complexity index is 638. The molecule has 0 spiro atoms. The number of hydrogen-bond donors (Lipinski definition) is 1. The summed E-state index contributed by atoms with van der Waals surface area (Å²) in [7, 11) is 0. The number of ether oxygens (including phenoxy) is 1. The molecule has 0 aromatic heterocycles. The molecule has 0 heterocycles. The molecule has 0 aliphatic rings. The van der Waals surface area contributed by atoms with Crippen LogP contribution in [-0.4, -0.2) is 12.6 Å². The molecule has 1 atom stereocenters. The number of benzene rings is 2. The second kappa shape index (κ2) is 9.06. The van der Waals surface area contributed by atoms with Gasteiger partial charge in [-0.25, -0.2) is 9.18 Å². The van der Waals surface area contributed by atoms with Crippen molar-refractivity contribution < 1.29 is 13.9 Å². The summed E-state index contributed by atoms with van der Waals surface area (Å²) in [4.78, 5) is 11.6. The maximum absolute atomic E-state index is 13.1. The Labute approximate surface area is 142 Å². The van der Waals surface area contributed by atoms with Crippen LogP contribution >= 0.6 is 0 Å². The number of halogens is 1. The van der Waals surface area contributed by atoms with Gasteiger partial charge >= 0.3 is 6.09 Å². The Balaban J connectivity index is 2.02.